The Hall–Kier alpha value is -2.28. The molecule has 4 heteroatoms. The van der Waals surface area contributed by atoms with Gasteiger partial charge in [-0.05, 0) is 24.0 Å². The van der Waals surface area contributed by atoms with E-state index in [0.29, 0.717) is 17.5 Å². The van der Waals surface area contributed by atoms with Gasteiger partial charge in [-0.3, -0.25) is 0 Å². The molecule has 1 aromatic heterocycles. The van der Waals surface area contributed by atoms with E-state index in [0.717, 1.165) is 31.8 Å². The van der Waals surface area contributed by atoms with Crippen LogP contribution in [0.5, 0.6) is 0 Å². The lowest BCUT2D eigenvalue weighted by Crippen LogP contribution is -2.14. The van der Waals surface area contributed by atoms with E-state index in [9.17, 15) is 5.26 Å². The number of anilines is 1. The summed E-state index contributed by atoms with van der Waals surface area (Å²) in [6.45, 7) is 1.59. The number of benzene rings is 1. The number of hydrogen-bond acceptors (Lipinski definition) is 4. The second-order valence-electron chi connectivity index (χ2n) is 5.57. The van der Waals surface area contributed by atoms with Crippen LogP contribution >= 0.6 is 0 Å². The van der Waals surface area contributed by atoms with Gasteiger partial charge in [0.05, 0.1) is 0 Å². The predicted molar refractivity (Wildman–Crippen MR) is 74.1 cm³/mol. The Morgan fingerprint density at radius 2 is 1.90 bits per heavy atom. The van der Waals surface area contributed by atoms with E-state index in [2.05, 4.69) is 28.1 Å². The second-order valence-corrected chi connectivity index (χ2v) is 5.57. The quantitative estimate of drug-likeness (QED) is 0.835. The molecule has 0 N–H and O–H groups in total. The van der Waals surface area contributed by atoms with Crippen LogP contribution in [-0.4, -0.2) is 4.98 Å². The first-order chi connectivity index (χ1) is 9.85. The van der Waals surface area contributed by atoms with Crippen molar-refractivity contribution in [2.24, 2.45) is 0 Å². The summed E-state index contributed by atoms with van der Waals surface area (Å²) in [6.07, 6.45) is 3.50. The fourth-order valence-corrected chi connectivity index (χ4v) is 2.92. The maximum Gasteiger partial charge on any atom is 0.235 e. The highest BCUT2D eigenvalue weighted by Gasteiger charge is 2.30. The minimum absolute atomic E-state index is 0.417. The third-order valence-electron chi connectivity index (χ3n) is 4.31. The molecule has 4 nitrogen and oxygen atoms in total. The first-order valence-electron chi connectivity index (χ1n) is 7.07. The lowest BCUT2D eigenvalue weighted by molar-refractivity contribution is 0.335. The number of nitrogens with zero attached hydrogens (tertiary/aromatic N) is 3. The van der Waals surface area contributed by atoms with Gasteiger partial charge in [0.2, 0.25) is 17.5 Å². The van der Waals surface area contributed by atoms with Gasteiger partial charge in [0.1, 0.15) is 6.07 Å². The van der Waals surface area contributed by atoms with Crippen molar-refractivity contribution in [1.29, 1.82) is 5.26 Å². The number of rotatable bonds is 2. The lowest BCUT2D eigenvalue weighted by atomic mass is 9.85. The topological polar surface area (TPSA) is 53.1 Å². The van der Waals surface area contributed by atoms with Gasteiger partial charge in [0.25, 0.3) is 0 Å². The third-order valence-corrected chi connectivity index (χ3v) is 4.31. The molecule has 1 aromatic carbocycles. The van der Waals surface area contributed by atoms with Gasteiger partial charge in [-0.15, -0.1) is 0 Å². The van der Waals surface area contributed by atoms with Gasteiger partial charge >= 0.3 is 0 Å². The molecule has 0 saturated heterocycles. The van der Waals surface area contributed by atoms with Crippen molar-refractivity contribution in [2.75, 3.05) is 4.90 Å². The molecular formula is C16H15N3O. The SMILES string of the molecule is N#Cc1nc(C2CCC2)oc1N1Cc2ccccc2C1. The molecule has 2 heterocycles. The van der Waals surface area contributed by atoms with Crippen molar-refractivity contribution in [1.82, 2.24) is 4.98 Å². The first-order valence-corrected chi connectivity index (χ1v) is 7.07. The van der Waals surface area contributed by atoms with E-state index in [4.69, 9.17) is 4.42 Å². The highest BCUT2D eigenvalue weighted by atomic mass is 16.4. The average Bonchev–Trinajstić information content (AvgIpc) is 2.99. The summed E-state index contributed by atoms with van der Waals surface area (Å²) in [7, 11) is 0. The monoisotopic (exact) mass is 265 g/mol. The van der Waals surface area contributed by atoms with Gasteiger partial charge < -0.3 is 9.32 Å². The van der Waals surface area contributed by atoms with Crippen LogP contribution in [0, 0.1) is 11.3 Å². The Bertz CT molecular complexity index is 669. The molecule has 0 radical (unpaired) electrons. The molecule has 2 aliphatic rings. The molecule has 1 aliphatic carbocycles. The summed E-state index contributed by atoms with van der Waals surface area (Å²) in [5.74, 6) is 1.81. The van der Waals surface area contributed by atoms with Gasteiger partial charge in [0, 0.05) is 19.0 Å². The molecule has 0 bridgehead atoms. The molecular weight excluding hydrogens is 250 g/mol. The molecule has 0 unspecified atom stereocenters. The van der Waals surface area contributed by atoms with Crippen LogP contribution in [0.15, 0.2) is 28.7 Å². The molecule has 1 fully saturated rings. The van der Waals surface area contributed by atoms with Crippen molar-refractivity contribution in [2.45, 2.75) is 38.3 Å². The van der Waals surface area contributed by atoms with E-state index in [1.54, 1.807) is 0 Å². The van der Waals surface area contributed by atoms with Crippen molar-refractivity contribution in [3.05, 3.63) is 47.0 Å². The van der Waals surface area contributed by atoms with Crippen LogP contribution in [0.4, 0.5) is 5.88 Å². The second kappa shape index (κ2) is 4.38. The normalized spacial score (nSPS) is 17.6. The minimum atomic E-state index is 0.417. The van der Waals surface area contributed by atoms with Crippen LogP contribution < -0.4 is 4.90 Å². The minimum Gasteiger partial charge on any atom is -0.423 e. The summed E-state index contributed by atoms with van der Waals surface area (Å²) < 4.78 is 5.92. The maximum atomic E-state index is 9.28. The van der Waals surface area contributed by atoms with Crippen molar-refractivity contribution in [3.63, 3.8) is 0 Å². The van der Waals surface area contributed by atoms with Gasteiger partial charge in [-0.25, -0.2) is 4.98 Å². The summed E-state index contributed by atoms with van der Waals surface area (Å²) in [6, 6.07) is 10.5. The van der Waals surface area contributed by atoms with Crippen LogP contribution in [0.3, 0.4) is 0 Å². The predicted octanol–water partition coefficient (Wildman–Crippen LogP) is 3.33. The molecule has 0 atom stereocenters. The average molecular weight is 265 g/mol. The van der Waals surface area contributed by atoms with E-state index < -0.39 is 0 Å². The molecule has 4 rings (SSSR count). The largest absolute Gasteiger partial charge is 0.423 e. The summed E-state index contributed by atoms with van der Waals surface area (Å²) in [5.41, 5.74) is 3.04. The van der Waals surface area contributed by atoms with Crippen molar-refractivity contribution < 1.29 is 4.42 Å². The standard InChI is InChI=1S/C16H15N3O/c17-8-14-16(20-15(18-14)11-6-3-7-11)19-9-12-4-1-2-5-13(12)10-19/h1-2,4-5,11H,3,6-7,9-10H2. The molecule has 100 valence electrons. The summed E-state index contributed by atoms with van der Waals surface area (Å²) in [5, 5.41) is 9.28. The van der Waals surface area contributed by atoms with E-state index in [1.165, 1.54) is 17.5 Å². The lowest BCUT2D eigenvalue weighted by Gasteiger charge is -2.21. The molecule has 0 amide bonds. The Morgan fingerprint density at radius 1 is 1.20 bits per heavy atom. The van der Waals surface area contributed by atoms with Crippen LogP contribution in [-0.2, 0) is 13.1 Å². The summed E-state index contributed by atoms with van der Waals surface area (Å²) >= 11 is 0. The molecule has 20 heavy (non-hydrogen) atoms. The van der Waals surface area contributed by atoms with E-state index in [1.807, 2.05) is 12.1 Å². The number of oxazole rings is 1. The van der Waals surface area contributed by atoms with Crippen LogP contribution in [0.1, 0.15) is 47.9 Å². The number of aromatic nitrogens is 1. The van der Waals surface area contributed by atoms with Crippen molar-refractivity contribution >= 4 is 5.88 Å². The van der Waals surface area contributed by atoms with Gasteiger partial charge in [0.15, 0.2) is 0 Å². The van der Waals surface area contributed by atoms with Crippen LogP contribution in [0.25, 0.3) is 0 Å². The maximum absolute atomic E-state index is 9.28. The van der Waals surface area contributed by atoms with Crippen molar-refractivity contribution in [3.8, 4) is 6.07 Å². The zero-order chi connectivity index (χ0) is 13.5. The fraction of sp³-hybridized carbons (Fsp3) is 0.375. The zero-order valence-corrected chi connectivity index (χ0v) is 11.2. The molecule has 2 aromatic rings. The Kier molecular flexibility index (Phi) is 2.53. The highest BCUT2D eigenvalue weighted by molar-refractivity contribution is 5.52. The molecule has 0 spiro atoms. The number of nitriles is 1. The number of fused-ring (bicyclic) bond motifs is 1. The van der Waals surface area contributed by atoms with E-state index >= 15 is 0 Å². The van der Waals surface area contributed by atoms with Gasteiger partial charge in [-0.2, -0.15) is 5.26 Å². The Labute approximate surface area is 117 Å². The molecule has 1 aliphatic heterocycles. The zero-order valence-electron chi connectivity index (χ0n) is 11.2. The highest BCUT2D eigenvalue weighted by Crippen LogP contribution is 2.39. The third kappa shape index (κ3) is 1.70. The molecule has 1 saturated carbocycles. The number of hydrogen-bond donors (Lipinski definition) is 0. The first kappa shape index (κ1) is 11.5. The fourth-order valence-electron chi connectivity index (χ4n) is 2.92. The van der Waals surface area contributed by atoms with Crippen LogP contribution in [0.2, 0.25) is 0 Å². The summed E-state index contributed by atoms with van der Waals surface area (Å²) in [4.78, 5) is 6.50. The van der Waals surface area contributed by atoms with Gasteiger partial charge in [-0.1, -0.05) is 30.7 Å². The van der Waals surface area contributed by atoms with E-state index in [-0.39, 0.29) is 0 Å². The Balaban J connectivity index is 1.66. The Morgan fingerprint density at radius 3 is 2.45 bits per heavy atom. The smallest absolute Gasteiger partial charge is 0.235 e.